The number of hydrogen-bond acceptors (Lipinski definition) is 5. The molecule has 0 saturated carbocycles. The Hall–Kier alpha value is -1.93. The van der Waals surface area contributed by atoms with E-state index in [-0.39, 0.29) is 28.9 Å². The van der Waals surface area contributed by atoms with Gasteiger partial charge < -0.3 is 10.0 Å². The molecule has 0 bridgehead atoms. The molecule has 182 valence electrons. The quantitative estimate of drug-likeness (QED) is 0.567. The highest BCUT2D eigenvalue weighted by Crippen LogP contribution is 2.39. The summed E-state index contributed by atoms with van der Waals surface area (Å²) in [6, 6.07) is 3.65. The maximum atomic E-state index is 13.3. The van der Waals surface area contributed by atoms with Crippen LogP contribution < -0.4 is 5.62 Å². The largest absolute Gasteiger partial charge is 0.507 e. The maximum absolute atomic E-state index is 13.3. The Balaban J connectivity index is 1.86. The molecule has 0 unspecified atom stereocenters. The minimum atomic E-state index is -0.292. The van der Waals surface area contributed by atoms with E-state index in [0.717, 1.165) is 37.3 Å². The van der Waals surface area contributed by atoms with E-state index in [2.05, 4.69) is 30.2 Å². The van der Waals surface area contributed by atoms with Crippen molar-refractivity contribution in [3.8, 4) is 5.75 Å². The van der Waals surface area contributed by atoms with E-state index in [9.17, 15) is 9.90 Å². The fraction of sp³-hybridized carbons (Fsp3) is 0.640. The summed E-state index contributed by atoms with van der Waals surface area (Å²) in [6.07, 6.45) is 5.58. The van der Waals surface area contributed by atoms with Crippen LogP contribution in [0.3, 0.4) is 0 Å². The number of likely N-dealkylation sites (tertiary alicyclic amines) is 1. The predicted molar refractivity (Wildman–Crippen MR) is 135 cm³/mol. The molecule has 1 N–H and O–H groups in total. The van der Waals surface area contributed by atoms with E-state index in [1.807, 2.05) is 58.2 Å². The summed E-state index contributed by atoms with van der Waals surface area (Å²) in [5.74, 6) is 0.215. The first-order chi connectivity index (χ1) is 15.4. The van der Waals surface area contributed by atoms with Crippen LogP contribution in [0, 0.1) is 0 Å². The first kappa shape index (κ1) is 25.7. The van der Waals surface area contributed by atoms with Crippen LogP contribution >= 0.6 is 16.1 Å². The Bertz CT molecular complexity index is 1010. The molecule has 8 heteroatoms. The summed E-state index contributed by atoms with van der Waals surface area (Å²) in [4.78, 5) is 15.8. The standard InChI is InChI=1S/C25H38BrN5O2/c1-24(2,3)19-14-18(15-20(22(19)33)25(4,5)6)21(32)16-31-23(28-26)30(17-27-31)13-12-29-10-8-7-9-11-29/h14-15,17,33H,7-13,16H2,1-6H3. The van der Waals surface area contributed by atoms with E-state index in [1.54, 1.807) is 11.0 Å². The van der Waals surface area contributed by atoms with Crippen LogP contribution in [-0.4, -0.2) is 49.8 Å². The number of carbonyl (C=O) groups is 1. The number of rotatable bonds is 6. The van der Waals surface area contributed by atoms with Crippen LogP contribution in [0.1, 0.15) is 82.3 Å². The van der Waals surface area contributed by atoms with Gasteiger partial charge in [-0.25, -0.2) is 4.68 Å². The summed E-state index contributed by atoms with van der Waals surface area (Å²) in [7, 11) is 0. The first-order valence-corrected chi connectivity index (χ1v) is 12.5. The van der Waals surface area contributed by atoms with Gasteiger partial charge in [0.1, 0.15) is 18.6 Å². The predicted octanol–water partition coefficient (Wildman–Crippen LogP) is 4.56. The number of aromatic hydroxyl groups is 1. The van der Waals surface area contributed by atoms with E-state index in [1.165, 1.54) is 19.3 Å². The Morgan fingerprint density at radius 2 is 1.61 bits per heavy atom. The van der Waals surface area contributed by atoms with Crippen molar-refractivity contribution in [3.05, 3.63) is 40.8 Å². The van der Waals surface area contributed by atoms with Crippen LogP contribution in [0.5, 0.6) is 5.75 Å². The Morgan fingerprint density at radius 3 is 2.12 bits per heavy atom. The molecule has 0 radical (unpaired) electrons. The van der Waals surface area contributed by atoms with Gasteiger partial charge in [0.25, 0.3) is 0 Å². The van der Waals surface area contributed by atoms with Gasteiger partial charge in [-0.1, -0.05) is 48.0 Å². The summed E-state index contributed by atoms with van der Waals surface area (Å²) in [6.45, 7) is 16.4. The molecule has 1 aromatic carbocycles. The van der Waals surface area contributed by atoms with E-state index in [4.69, 9.17) is 0 Å². The molecular formula is C25H38BrN5O2. The number of phenols is 1. The van der Waals surface area contributed by atoms with E-state index < -0.39 is 0 Å². The van der Waals surface area contributed by atoms with E-state index >= 15 is 0 Å². The highest BCUT2D eigenvalue weighted by Gasteiger charge is 2.28. The Labute approximate surface area is 205 Å². The van der Waals surface area contributed by atoms with Gasteiger partial charge in [-0.15, -0.1) is 0 Å². The maximum Gasteiger partial charge on any atom is 0.235 e. The van der Waals surface area contributed by atoms with Crippen LogP contribution in [0.15, 0.2) is 22.5 Å². The van der Waals surface area contributed by atoms with Gasteiger partial charge in [-0.3, -0.25) is 9.36 Å². The van der Waals surface area contributed by atoms with Crippen molar-refractivity contribution in [2.24, 2.45) is 4.02 Å². The zero-order chi connectivity index (χ0) is 24.4. The summed E-state index contributed by atoms with van der Waals surface area (Å²) >= 11 is 3.22. The van der Waals surface area contributed by atoms with Gasteiger partial charge in [0.05, 0.1) is 16.1 Å². The summed E-state index contributed by atoms with van der Waals surface area (Å²) in [5, 5.41) is 15.4. The lowest BCUT2D eigenvalue weighted by molar-refractivity contribution is 0.0965. The minimum absolute atomic E-state index is 0.0605. The average Bonchev–Trinajstić information content (AvgIpc) is 3.12. The molecule has 33 heavy (non-hydrogen) atoms. The van der Waals surface area contributed by atoms with Crippen molar-refractivity contribution in [3.63, 3.8) is 0 Å². The fourth-order valence-electron chi connectivity index (χ4n) is 4.34. The SMILES string of the molecule is CC(C)(C)c1cc(C(=O)Cn2ncn(CCN3CCCCC3)c2=NBr)cc(C(C)(C)C)c1O. The number of ketones is 1. The topological polar surface area (TPSA) is 75.7 Å². The molecule has 2 aromatic rings. The second-order valence-electron chi connectivity index (χ2n) is 11.1. The molecule has 3 rings (SSSR count). The zero-order valence-corrected chi connectivity index (χ0v) is 22.4. The number of Topliss-reactive ketones (excluding diaryl/α,β-unsaturated/α-hetero) is 1. The third-order valence-corrected chi connectivity index (χ3v) is 6.66. The highest BCUT2D eigenvalue weighted by molar-refractivity contribution is 9.08. The third kappa shape index (κ3) is 6.15. The van der Waals surface area contributed by atoms with Crippen molar-refractivity contribution in [1.82, 2.24) is 19.2 Å². The van der Waals surface area contributed by atoms with Crippen LogP contribution in [0.4, 0.5) is 0 Å². The number of benzene rings is 1. The van der Waals surface area contributed by atoms with Gasteiger partial charge in [0.15, 0.2) is 5.78 Å². The minimum Gasteiger partial charge on any atom is -0.507 e. The van der Waals surface area contributed by atoms with Crippen molar-refractivity contribution in [1.29, 1.82) is 0 Å². The smallest absolute Gasteiger partial charge is 0.235 e. The van der Waals surface area contributed by atoms with Crippen molar-refractivity contribution < 1.29 is 9.90 Å². The number of nitrogens with zero attached hydrogens (tertiary/aromatic N) is 5. The third-order valence-electron chi connectivity index (χ3n) is 6.34. The molecule has 1 aromatic heterocycles. The second-order valence-corrected chi connectivity index (χ2v) is 11.5. The van der Waals surface area contributed by atoms with Crippen molar-refractivity contribution in [2.75, 3.05) is 19.6 Å². The lowest BCUT2D eigenvalue weighted by Gasteiger charge is -2.28. The summed E-state index contributed by atoms with van der Waals surface area (Å²) in [5.41, 5.74) is 2.17. The van der Waals surface area contributed by atoms with Gasteiger partial charge in [0.2, 0.25) is 5.62 Å². The molecule has 7 nitrogen and oxygen atoms in total. The molecular weight excluding hydrogens is 482 g/mol. The summed E-state index contributed by atoms with van der Waals surface area (Å²) < 4.78 is 7.85. The molecule has 2 heterocycles. The number of aromatic nitrogens is 3. The fourth-order valence-corrected chi connectivity index (χ4v) is 4.72. The number of hydrogen-bond donors (Lipinski definition) is 1. The molecule has 0 spiro atoms. The van der Waals surface area contributed by atoms with Crippen molar-refractivity contribution in [2.45, 2.75) is 84.7 Å². The average molecular weight is 521 g/mol. The van der Waals surface area contributed by atoms with Gasteiger partial charge in [0, 0.05) is 29.8 Å². The lowest BCUT2D eigenvalue weighted by atomic mass is 9.78. The number of phenolic OH excluding ortho intramolecular Hbond substituents is 1. The van der Waals surface area contributed by atoms with Gasteiger partial charge >= 0.3 is 0 Å². The van der Waals surface area contributed by atoms with Crippen LogP contribution in [0.25, 0.3) is 0 Å². The normalized spacial score (nSPS) is 16.4. The molecule has 0 aliphatic carbocycles. The van der Waals surface area contributed by atoms with Crippen molar-refractivity contribution >= 4 is 21.9 Å². The monoisotopic (exact) mass is 519 g/mol. The molecule has 1 saturated heterocycles. The molecule has 1 aliphatic rings. The number of carbonyl (C=O) groups excluding carboxylic acids is 1. The highest BCUT2D eigenvalue weighted by atomic mass is 79.9. The zero-order valence-electron chi connectivity index (χ0n) is 20.9. The van der Waals surface area contributed by atoms with Crippen LogP contribution in [-0.2, 0) is 23.9 Å². The molecule has 1 aliphatic heterocycles. The Morgan fingerprint density at radius 1 is 1.03 bits per heavy atom. The second kappa shape index (κ2) is 10.1. The molecule has 0 atom stereocenters. The first-order valence-electron chi connectivity index (χ1n) is 11.8. The molecule has 1 fully saturated rings. The Kier molecular flexibility index (Phi) is 7.89. The van der Waals surface area contributed by atoms with E-state index in [0.29, 0.717) is 11.2 Å². The lowest BCUT2D eigenvalue weighted by Crippen LogP contribution is -2.35. The van der Waals surface area contributed by atoms with Gasteiger partial charge in [-0.2, -0.15) is 9.12 Å². The van der Waals surface area contributed by atoms with Gasteiger partial charge in [-0.05, 0) is 48.9 Å². The number of halogens is 1. The molecule has 0 amide bonds. The van der Waals surface area contributed by atoms with Crippen LogP contribution in [0.2, 0.25) is 0 Å². The number of piperidine rings is 1.